The lowest BCUT2D eigenvalue weighted by Gasteiger charge is -2.23. The van der Waals surface area contributed by atoms with Crippen molar-refractivity contribution in [1.82, 2.24) is 5.32 Å². The first kappa shape index (κ1) is 16.0. The van der Waals surface area contributed by atoms with Gasteiger partial charge >= 0.3 is 0 Å². The Morgan fingerprint density at radius 3 is 2.60 bits per heavy atom. The van der Waals surface area contributed by atoms with Crippen LogP contribution < -0.4 is 20.5 Å². The summed E-state index contributed by atoms with van der Waals surface area (Å²) >= 11 is 0. The largest absolute Gasteiger partial charge is 0.497 e. The molecule has 20 heavy (non-hydrogen) atoms. The Hall–Kier alpha value is -2.01. The minimum Gasteiger partial charge on any atom is -0.497 e. The molecule has 0 aliphatic heterocycles. The van der Waals surface area contributed by atoms with E-state index < -0.39 is 5.54 Å². The second kappa shape index (κ2) is 6.96. The van der Waals surface area contributed by atoms with Crippen molar-refractivity contribution < 1.29 is 14.3 Å². The van der Waals surface area contributed by atoms with Gasteiger partial charge < -0.3 is 20.5 Å². The fourth-order valence-corrected chi connectivity index (χ4v) is 1.56. The van der Waals surface area contributed by atoms with Gasteiger partial charge in [-0.2, -0.15) is 0 Å². The van der Waals surface area contributed by atoms with Gasteiger partial charge in [0.1, 0.15) is 11.5 Å². The number of ether oxygens (including phenoxy) is 2. The summed E-state index contributed by atoms with van der Waals surface area (Å²) < 4.78 is 10.4. The van der Waals surface area contributed by atoms with Crippen LogP contribution in [0.3, 0.4) is 0 Å². The minimum atomic E-state index is -0.431. The van der Waals surface area contributed by atoms with Crippen LogP contribution in [0.5, 0.6) is 11.5 Å². The number of nitrogens with one attached hydrogen (secondary N) is 1. The number of amides is 1. The van der Waals surface area contributed by atoms with E-state index in [0.29, 0.717) is 18.0 Å². The van der Waals surface area contributed by atoms with E-state index in [-0.39, 0.29) is 5.91 Å². The molecule has 0 aliphatic rings. The molecule has 0 atom stereocenters. The number of methoxy groups -OCH3 is 2. The summed E-state index contributed by atoms with van der Waals surface area (Å²) in [4.78, 5) is 11.8. The molecule has 0 saturated carbocycles. The van der Waals surface area contributed by atoms with Gasteiger partial charge in [-0.05, 0) is 38.1 Å². The SMILES string of the molecule is COc1ccc(OC)c(/C=C/C(=O)NC(C)(C)CN)c1. The van der Waals surface area contributed by atoms with Gasteiger partial charge in [0.25, 0.3) is 0 Å². The molecule has 0 heterocycles. The first-order valence-corrected chi connectivity index (χ1v) is 6.34. The Morgan fingerprint density at radius 1 is 1.35 bits per heavy atom. The van der Waals surface area contributed by atoms with E-state index in [0.717, 1.165) is 5.56 Å². The zero-order chi connectivity index (χ0) is 15.2. The Morgan fingerprint density at radius 2 is 2.05 bits per heavy atom. The molecule has 0 bridgehead atoms. The Bertz CT molecular complexity index is 496. The van der Waals surface area contributed by atoms with Crippen molar-refractivity contribution in [2.75, 3.05) is 20.8 Å². The summed E-state index contributed by atoms with van der Waals surface area (Å²) in [7, 11) is 3.17. The van der Waals surface area contributed by atoms with E-state index in [1.807, 2.05) is 13.8 Å². The molecule has 3 N–H and O–H groups in total. The third-order valence-electron chi connectivity index (χ3n) is 2.82. The van der Waals surface area contributed by atoms with Crippen molar-refractivity contribution in [3.8, 4) is 11.5 Å². The van der Waals surface area contributed by atoms with Crippen LogP contribution in [0, 0.1) is 0 Å². The lowest BCUT2D eigenvalue weighted by Crippen LogP contribution is -2.48. The maximum Gasteiger partial charge on any atom is 0.244 e. The van der Waals surface area contributed by atoms with Crippen molar-refractivity contribution in [1.29, 1.82) is 0 Å². The highest BCUT2D eigenvalue weighted by atomic mass is 16.5. The monoisotopic (exact) mass is 278 g/mol. The smallest absolute Gasteiger partial charge is 0.244 e. The fraction of sp³-hybridized carbons (Fsp3) is 0.400. The Kier molecular flexibility index (Phi) is 5.58. The molecule has 0 fully saturated rings. The van der Waals surface area contributed by atoms with E-state index in [4.69, 9.17) is 15.2 Å². The highest BCUT2D eigenvalue weighted by molar-refractivity contribution is 5.92. The second-order valence-corrected chi connectivity index (χ2v) is 5.02. The number of hydrogen-bond donors (Lipinski definition) is 2. The summed E-state index contributed by atoms with van der Waals surface area (Å²) in [6.45, 7) is 4.10. The van der Waals surface area contributed by atoms with Gasteiger partial charge in [-0.1, -0.05) is 0 Å². The summed E-state index contributed by atoms with van der Waals surface area (Å²) in [5.74, 6) is 1.17. The van der Waals surface area contributed by atoms with E-state index in [1.165, 1.54) is 6.08 Å². The molecule has 0 saturated heterocycles. The van der Waals surface area contributed by atoms with Crippen LogP contribution in [0.4, 0.5) is 0 Å². The molecule has 110 valence electrons. The van der Waals surface area contributed by atoms with Crippen LogP contribution in [0.1, 0.15) is 19.4 Å². The average Bonchev–Trinajstić information content (AvgIpc) is 2.44. The fourth-order valence-electron chi connectivity index (χ4n) is 1.56. The number of rotatable bonds is 6. The quantitative estimate of drug-likeness (QED) is 0.775. The molecule has 1 rings (SSSR count). The summed E-state index contributed by atoms with van der Waals surface area (Å²) in [6, 6.07) is 5.39. The van der Waals surface area contributed by atoms with Gasteiger partial charge in [-0.3, -0.25) is 4.79 Å². The highest BCUT2D eigenvalue weighted by Crippen LogP contribution is 2.24. The van der Waals surface area contributed by atoms with Crippen LogP contribution in [0.2, 0.25) is 0 Å². The number of carbonyl (C=O) groups is 1. The van der Waals surface area contributed by atoms with Gasteiger partial charge in [0, 0.05) is 23.7 Å². The Balaban J connectivity index is 2.86. The molecule has 5 nitrogen and oxygen atoms in total. The van der Waals surface area contributed by atoms with E-state index in [1.54, 1.807) is 38.5 Å². The topological polar surface area (TPSA) is 73.6 Å². The van der Waals surface area contributed by atoms with Crippen LogP contribution in [0.15, 0.2) is 24.3 Å². The minimum absolute atomic E-state index is 0.203. The molecule has 1 aromatic rings. The maximum absolute atomic E-state index is 11.8. The standard InChI is InChI=1S/C15H22N2O3/c1-15(2,10-16)17-14(18)8-5-11-9-12(19-3)6-7-13(11)20-4/h5-9H,10,16H2,1-4H3,(H,17,18)/b8-5+. The summed E-state index contributed by atoms with van der Waals surface area (Å²) in [5.41, 5.74) is 5.91. The third-order valence-corrected chi connectivity index (χ3v) is 2.82. The van der Waals surface area contributed by atoms with Crippen molar-refractivity contribution >= 4 is 12.0 Å². The normalized spacial score (nSPS) is 11.4. The number of carbonyl (C=O) groups excluding carboxylic acids is 1. The van der Waals surface area contributed by atoms with Gasteiger partial charge in [-0.15, -0.1) is 0 Å². The number of hydrogen-bond acceptors (Lipinski definition) is 4. The van der Waals surface area contributed by atoms with Crippen molar-refractivity contribution in [3.05, 3.63) is 29.8 Å². The number of benzene rings is 1. The maximum atomic E-state index is 11.8. The zero-order valence-corrected chi connectivity index (χ0v) is 12.4. The zero-order valence-electron chi connectivity index (χ0n) is 12.4. The van der Waals surface area contributed by atoms with Crippen molar-refractivity contribution in [2.45, 2.75) is 19.4 Å². The molecule has 0 aliphatic carbocycles. The molecule has 0 spiro atoms. The van der Waals surface area contributed by atoms with Crippen molar-refractivity contribution in [2.24, 2.45) is 5.73 Å². The molecule has 0 unspecified atom stereocenters. The average molecular weight is 278 g/mol. The summed E-state index contributed by atoms with van der Waals surface area (Å²) in [6.07, 6.45) is 3.14. The van der Waals surface area contributed by atoms with Gasteiger partial charge in [0.05, 0.1) is 14.2 Å². The van der Waals surface area contributed by atoms with E-state index in [9.17, 15) is 4.79 Å². The van der Waals surface area contributed by atoms with E-state index >= 15 is 0 Å². The Labute approximate surface area is 119 Å². The lowest BCUT2D eigenvalue weighted by atomic mass is 10.1. The van der Waals surface area contributed by atoms with Crippen LogP contribution >= 0.6 is 0 Å². The second-order valence-electron chi connectivity index (χ2n) is 5.02. The molecule has 5 heteroatoms. The van der Waals surface area contributed by atoms with Crippen LogP contribution in [0.25, 0.3) is 6.08 Å². The first-order valence-electron chi connectivity index (χ1n) is 6.34. The molecule has 1 amide bonds. The number of nitrogens with two attached hydrogens (primary N) is 1. The van der Waals surface area contributed by atoms with Crippen LogP contribution in [-0.4, -0.2) is 32.2 Å². The van der Waals surface area contributed by atoms with Crippen molar-refractivity contribution in [3.63, 3.8) is 0 Å². The first-order chi connectivity index (χ1) is 9.41. The van der Waals surface area contributed by atoms with Gasteiger partial charge in [0.2, 0.25) is 5.91 Å². The summed E-state index contributed by atoms with van der Waals surface area (Å²) in [5, 5.41) is 2.82. The van der Waals surface area contributed by atoms with E-state index in [2.05, 4.69) is 5.32 Å². The van der Waals surface area contributed by atoms with Gasteiger partial charge in [-0.25, -0.2) is 0 Å². The van der Waals surface area contributed by atoms with Gasteiger partial charge in [0.15, 0.2) is 0 Å². The molecule has 1 aromatic carbocycles. The molecule has 0 radical (unpaired) electrons. The highest BCUT2D eigenvalue weighted by Gasteiger charge is 2.16. The third kappa shape index (κ3) is 4.59. The molecular formula is C15H22N2O3. The predicted octanol–water partition coefficient (Wildman–Crippen LogP) is 1.57. The molecular weight excluding hydrogens is 256 g/mol. The predicted molar refractivity (Wildman–Crippen MR) is 79.9 cm³/mol. The van der Waals surface area contributed by atoms with Crippen LogP contribution in [-0.2, 0) is 4.79 Å². The lowest BCUT2D eigenvalue weighted by molar-refractivity contribution is -0.117. The molecule has 0 aromatic heterocycles.